The highest BCUT2D eigenvalue weighted by molar-refractivity contribution is 5.74. The molecule has 7 heteroatoms. The molecule has 2 heterocycles. The van der Waals surface area contributed by atoms with Crippen LogP contribution in [0.1, 0.15) is 5.56 Å². The van der Waals surface area contributed by atoms with E-state index in [1.807, 2.05) is 0 Å². The number of halogens is 3. The molecule has 0 saturated carbocycles. The van der Waals surface area contributed by atoms with Crippen molar-refractivity contribution in [3.8, 4) is 11.3 Å². The second-order valence-electron chi connectivity index (χ2n) is 4.21. The maximum absolute atomic E-state index is 12.5. The Morgan fingerprint density at radius 1 is 1.05 bits per heavy atom. The number of nitrogen functional groups attached to an aromatic ring is 1. The number of nitrogens with zero attached hydrogens (tertiary/aromatic N) is 3. The number of nitrogens with two attached hydrogens (primary N) is 1. The van der Waals surface area contributed by atoms with Crippen molar-refractivity contribution in [3.63, 3.8) is 0 Å². The quantitative estimate of drug-likeness (QED) is 0.744. The van der Waals surface area contributed by atoms with Crippen molar-refractivity contribution in [3.05, 3.63) is 48.2 Å². The lowest BCUT2D eigenvalue weighted by atomic mass is 10.1. The van der Waals surface area contributed by atoms with Crippen LogP contribution in [0.25, 0.3) is 16.9 Å². The minimum absolute atomic E-state index is 0.292. The second-order valence-corrected chi connectivity index (χ2v) is 4.21. The Hall–Kier alpha value is -2.57. The molecule has 0 fully saturated rings. The average Bonchev–Trinajstić information content (AvgIpc) is 2.76. The van der Waals surface area contributed by atoms with Gasteiger partial charge in [-0.25, -0.2) is 4.98 Å². The van der Waals surface area contributed by atoms with E-state index in [1.165, 1.54) is 16.6 Å². The van der Waals surface area contributed by atoms with E-state index in [0.29, 0.717) is 22.7 Å². The third kappa shape index (κ3) is 1.97. The average molecular weight is 278 g/mol. The van der Waals surface area contributed by atoms with E-state index >= 15 is 0 Å². The number of fused-ring (bicyclic) bond motifs is 1. The molecule has 3 rings (SSSR count). The molecule has 0 aliphatic carbocycles. The molecular formula is C13H9F3N4. The Kier molecular flexibility index (Phi) is 2.63. The molecule has 20 heavy (non-hydrogen) atoms. The molecule has 0 atom stereocenters. The van der Waals surface area contributed by atoms with Crippen molar-refractivity contribution < 1.29 is 13.2 Å². The van der Waals surface area contributed by atoms with E-state index in [9.17, 15) is 13.2 Å². The van der Waals surface area contributed by atoms with Gasteiger partial charge in [-0.05, 0) is 24.3 Å². The SMILES string of the molecule is Nc1c(-c2ccc(C(F)(F)F)cc2)nc2cccnn12. The Morgan fingerprint density at radius 3 is 2.35 bits per heavy atom. The van der Waals surface area contributed by atoms with Crippen LogP contribution in [0.3, 0.4) is 0 Å². The number of benzene rings is 1. The molecule has 0 amide bonds. The first kappa shape index (κ1) is 12.5. The topological polar surface area (TPSA) is 56.2 Å². The fraction of sp³-hybridized carbons (Fsp3) is 0.0769. The summed E-state index contributed by atoms with van der Waals surface area (Å²) in [5.74, 6) is 0.292. The van der Waals surface area contributed by atoms with Crippen molar-refractivity contribution >= 4 is 11.5 Å². The van der Waals surface area contributed by atoms with E-state index in [0.717, 1.165) is 12.1 Å². The summed E-state index contributed by atoms with van der Waals surface area (Å²) in [7, 11) is 0. The maximum Gasteiger partial charge on any atom is 0.416 e. The Morgan fingerprint density at radius 2 is 1.75 bits per heavy atom. The minimum atomic E-state index is -4.36. The van der Waals surface area contributed by atoms with E-state index in [2.05, 4.69) is 10.1 Å². The zero-order valence-corrected chi connectivity index (χ0v) is 10.1. The molecule has 0 spiro atoms. The first-order valence-electron chi connectivity index (χ1n) is 5.73. The fourth-order valence-corrected chi connectivity index (χ4v) is 1.94. The molecule has 0 unspecified atom stereocenters. The van der Waals surface area contributed by atoms with Crippen LogP contribution in [0, 0.1) is 0 Å². The Balaban J connectivity index is 2.09. The van der Waals surface area contributed by atoms with Crippen LogP contribution < -0.4 is 5.73 Å². The molecule has 102 valence electrons. The van der Waals surface area contributed by atoms with Crippen LogP contribution in [0.2, 0.25) is 0 Å². The molecule has 3 aromatic rings. The van der Waals surface area contributed by atoms with Gasteiger partial charge in [-0.2, -0.15) is 22.8 Å². The van der Waals surface area contributed by atoms with Crippen LogP contribution in [0.4, 0.5) is 19.0 Å². The third-order valence-corrected chi connectivity index (χ3v) is 2.91. The van der Waals surface area contributed by atoms with E-state index in [-0.39, 0.29) is 0 Å². The van der Waals surface area contributed by atoms with Crippen molar-refractivity contribution in [2.45, 2.75) is 6.18 Å². The molecule has 0 aliphatic heterocycles. The summed E-state index contributed by atoms with van der Waals surface area (Å²) >= 11 is 0. The summed E-state index contributed by atoms with van der Waals surface area (Å²) in [6, 6.07) is 8.13. The Labute approximate surface area is 111 Å². The molecule has 4 nitrogen and oxygen atoms in total. The highest BCUT2D eigenvalue weighted by Crippen LogP contribution is 2.32. The van der Waals surface area contributed by atoms with Crippen molar-refractivity contribution in [2.24, 2.45) is 0 Å². The molecule has 0 radical (unpaired) electrons. The number of alkyl halides is 3. The van der Waals surface area contributed by atoms with Gasteiger partial charge < -0.3 is 5.73 Å². The number of anilines is 1. The largest absolute Gasteiger partial charge is 0.416 e. The van der Waals surface area contributed by atoms with Crippen LogP contribution in [-0.2, 0) is 6.18 Å². The molecule has 2 N–H and O–H groups in total. The lowest BCUT2D eigenvalue weighted by Gasteiger charge is -2.06. The lowest BCUT2D eigenvalue weighted by molar-refractivity contribution is -0.137. The van der Waals surface area contributed by atoms with Crippen molar-refractivity contribution in [1.29, 1.82) is 0 Å². The van der Waals surface area contributed by atoms with Gasteiger partial charge >= 0.3 is 6.18 Å². The minimum Gasteiger partial charge on any atom is -0.382 e. The molecular weight excluding hydrogens is 269 g/mol. The van der Waals surface area contributed by atoms with Crippen LogP contribution in [-0.4, -0.2) is 14.6 Å². The number of imidazole rings is 1. The van der Waals surface area contributed by atoms with Gasteiger partial charge in [0.1, 0.15) is 5.69 Å². The molecule has 2 aromatic heterocycles. The van der Waals surface area contributed by atoms with Gasteiger partial charge in [0.15, 0.2) is 11.5 Å². The van der Waals surface area contributed by atoms with Crippen LogP contribution in [0.15, 0.2) is 42.6 Å². The molecule has 1 aromatic carbocycles. The van der Waals surface area contributed by atoms with Gasteiger partial charge in [-0.1, -0.05) is 12.1 Å². The molecule has 0 saturated heterocycles. The third-order valence-electron chi connectivity index (χ3n) is 2.91. The van der Waals surface area contributed by atoms with Gasteiger partial charge in [0.25, 0.3) is 0 Å². The summed E-state index contributed by atoms with van der Waals surface area (Å²) in [6.45, 7) is 0. The highest BCUT2D eigenvalue weighted by Gasteiger charge is 2.30. The van der Waals surface area contributed by atoms with Crippen molar-refractivity contribution in [1.82, 2.24) is 14.6 Å². The first-order valence-corrected chi connectivity index (χ1v) is 5.73. The lowest BCUT2D eigenvalue weighted by Crippen LogP contribution is -2.04. The van der Waals surface area contributed by atoms with Gasteiger partial charge in [0.05, 0.1) is 5.56 Å². The van der Waals surface area contributed by atoms with E-state index in [4.69, 9.17) is 5.73 Å². The summed E-state index contributed by atoms with van der Waals surface area (Å²) < 4.78 is 39.0. The summed E-state index contributed by atoms with van der Waals surface area (Å²) in [5, 5.41) is 4.03. The van der Waals surface area contributed by atoms with Crippen LogP contribution >= 0.6 is 0 Å². The standard InChI is InChI=1S/C13H9F3N4/c14-13(15,16)9-5-3-8(4-6-9)11-12(17)20-10(19-11)2-1-7-18-20/h1-7H,17H2. The normalized spacial score (nSPS) is 11.9. The molecule has 0 bridgehead atoms. The first-order chi connectivity index (χ1) is 9.47. The van der Waals surface area contributed by atoms with Crippen LogP contribution in [0.5, 0.6) is 0 Å². The highest BCUT2D eigenvalue weighted by atomic mass is 19.4. The Bertz CT molecular complexity index is 759. The zero-order valence-electron chi connectivity index (χ0n) is 10.1. The number of aromatic nitrogens is 3. The van der Waals surface area contributed by atoms with Crippen molar-refractivity contribution in [2.75, 3.05) is 5.73 Å². The van der Waals surface area contributed by atoms with Gasteiger partial charge in [-0.3, -0.25) is 0 Å². The van der Waals surface area contributed by atoms with Gasteiger partial charge in [0, 0.05) is 11.8 Å². The number of hydrogen-bond donors (Lipinski definition) is 1. The summed E-state index contributed by atoms with van der Waals surface area (Å²) in [6.07, 6.45) is -2.80. The monoisotopic (exact) mass is 278 g/mol. The summed E-state index contributed by atoms with van der Waals surface area (Å²) in [4.78, 5) is 4.27. The summed E-state index contributed by atoms with van der Waals surface area (Å²) in [5.41, 5.74) is 6.67. The number of rotatable bonds is 1. The predicted octanol–water partition coefficient (Wildman–Crippen LogP) is 3.00. The van der Waals surface area contributed by atoms with Gasteiger partial charge in [0.2, 0.25) is 0 Å². The fourth-order valence-electron chi connectivity index (χ4n) is 1.94. The van der Waals surface area contributed by atoms with E-state index in [1.54, 1.807) is 18.3 Å². The van der Waals surface area contributed by atoms with Gasteiger partial charge in [-0.15, -0.1) is 0 Å². The smallest absolute Gasteiger partial charge is 0.382 e. The second kappa shape index (κ2) is 4.22. The molecule has 0 aliphatic rings. The predicted molar refractivity (Wildman–Crippen MR) is 67.8 cm³/mol. The maximum atomic E-state index is 12.5. The zero-order chi connectivity index (χ0) is 14.3. The van der Waals surface area contributed by atoms with E-state index < -0.39 is 11.7 Å². The number of hydrogen-bond acceptors (Lipinski definition) is 3.